The second-order valence-electron chi connectivity index (χ2n) is 5.37. The third-order valence-corrected chi connectivity index (χ3v) is 4.13. The molecule has 0 amide bonds. The lowest BCUT2D eigenvalue weighted by Gasteiger charge is -2.31. The van der Waals surface area contributed by atoms with Crippen molar-refractivity contribution in [3.63, 3.8) is 0 Å². The van der Waals surface area contributed by atoms with Crippen LogP contribution in [0.3, 0.4) is 0 Å². The highest BCUT2D eigenvalue weighted by Crippen LogP contribution is 2.37. The van der Waals surface area contributed by atoms with Gasteiger partial charge in [-0.15, -0.1) is 5.10 Å². The molecular formula is C14H19N5O. The third-order valence-electron chi connectivity index (χ3n) is 4.13. The maximum absolute atomic E-state index is 5.91. The van der Waals surface area contributed by atoms with Crippen LogP contribution in [0.2, 0.25) is 0 Å². The zero-order chi connectivity index (χ0) is 14.1. The second kappa shape index (κ2) is 5.11. The maximum atomic E-state index is 5.91. The summed E-state index contributed by atoms with van der Waals surface area (Å²) >= 11 is 0. The van der Waals surface area contributed by atoms with Crippen LogP contribution in [0.25, 0.3) is 11.4 Å². The zero-order valence-electron chi connectivity index (χ0n) is 11.8. The fraction of sp³-hybridized carbons (Fsp3) is 0.500. The Morgan fingerprint density at radius 1 is 1.35 bits per heavy atom. The minimum atomic E-state index is 0.307. The van der Waals surface area contributed by atoms with E-state index in [1.165, 1.54) is 19.3 Å². The molecule has 0 bridgehead atoms. The van der Waals surface area contributed by atoms with Crippen molar-refractivity contribution in [1.29, 1.82) is 0 Å². The average molecular weight is 273 g/mol. The summed E-state index contributed by atoms with van der Waals surface area (Å²) in [7, 11) is 1.62. The Bertz CT molecular complexity index is 605. The van der Waals surface area contributed by atoms with Crippen LogP contribution in [0, 0.1) is 5.92 Å². The molecule has 0 radical (unpaired) electrons. The predicted octanol–water partition coefficient (Wildman–Crippen LogP) is 2.29. The number of tetrazole rings is 1. The summed E-state index contributed by atoms with van der Waals surface area (Å²) in [6.45, 7) is 2.17. The van der Waals surface area contributed by atoms with Gasteiger partial charge in [0, 0.05) is 17.3 Å². The van der Waals surface area contributed by atoms with E-state index in [1.54, 1.807) is 13.2 Å². The van der Waals surface area contributed by atoms with Gasteiger partial charge in [0.05, 0.1) is 13.2 Å². The highest BCUT2D eigenvalue weighted by Gasteiger charge is 2.28. The Morgan fingerprint density at radius 2 is 2.15 bits per heavy atom. The van der Waals surface area contributed by atoms with Gasteiger partial charge in [0.1, 0.15) is 5.75 Å². The Kier molecular flexibility index (Phi) is 3.30. The van der Waals surface area contributed by atoms with Crippen molar-refractivity contribution >= 4 is 5.69 Å². The molecule has 6 heteroatoms. The van der Waals surface area contributed by atoms with Gasteiger partial charge < -0.3 is 10.5 Å². The number of nitrogen functional groups attached to an aromatic ring is 1. The van der Waals surface area contributed by atoms with Gasteiger partial charge in [0.25, 0.3) is 0 Å². The van der Waals surface area contributed by atoms with Crippen molar-refractivity contribution in [1.82, 2.24) is 20.2 Å². The molecule has 0 spiro atoms. The van der Waals surface area contributed by atoms with Crippen LogP contribution in [0.5, 0.6) is 5.75 Å². The van der Waals surface area contributed by atoms with Gasteiger partial charge in [-0.3, -0.25) is 0 Å². The highest BCUT2D eigenvalue weighted by atomic mass is 16.5. The van der Waals surface area contributed by atoms with Crippen molar-refractivity contribution in [3.05, 3.63) is 18.2 Å². The lowest BCUT2D eigenvalue weighted by atomic mass is 9.80. The molecule has 1 saturated carbocycles. The van der Waals surface area contributed by atoms with Crippen LogP contribution in [0.1, 0.15) is 32.2 Å². The molecule has 0 aliphatic heterocycles. The number of aromatic nitrogens is 4. The molecule has 1 unspecified atom stereocenters. The summed E-state index contributed by atoms with van der Waals surface area (Å²) in [4.78, 5) is 0. The third kappa shape index (κ3) is 2.21. The average Bonchev–Trinajstić information content (AvgIpc) is 2.85. The van der Waals surface area contributed by atoms with Gasteiger partial charge in [0.15, 0.2) is 5.82 Å². The molecule has 1 aliphatic rings. The minimum Gasteiger partial charge on any atom is -0.497 e. The van der Waals surface area contributed by atoms with Crippen molar-refractivity contribution < 1.29 is 4.74 Å². The first-order chi connectivity index (χ1) is 9.69. The summed E-state index contributed by atoms with van der Waals surface area (Å²) in [6, 6.07) is 5.87. The molecular weight excluding hydrogens is 254 g/mol. The van der Waals surface area contributed by atoms with Crippen molar-refractivity contribution in [2.45, 2.75) is 32.2 Å². The highest BCUT2D eigenvalue weighted by molar-refractivity contribution is 5.64. The normalized spacial score (nSPS) is 16.7. The molecule has 1 fully saturated rings. The van der Waals surface area contributed by atoms with E-state index in [0.29, 0.717) is 23.4 Å². The Balaban J connectivity index is 1.98. The number of nitrogens with zero attached hydrogens (tertiary/aromatic N) is 4. The molecule has 2 N–H and O–H groups in total. The first-order valence-corrected chi connectivity index (χ1v) is 6.92. The van der Waals surface area contributed by atoms with Crippen molar-refractivity contribution in [2.24, 2.45) is 5.92 Å². The van der Waals surface area contributed by atoms with Crippen LogP contribution in [0.4, 0.5) is 5.69 Å². The molecule has 1 aromatic heterocycles. The maximum Gasteiger partial charge on any atom is 0.182 e. The molecule has 2 aromatic rings. The molecule has 1 atom stereocenters. The van der Waals surface area contributed by atoms with E-state index in [9.17, 15) is 0 Å². The van der Waals surface area contributed by atoms with Crippen LogP contribution in [-0.2, 0) is 0 Å². The van der Waals surface area contributed by atoms with Gasteiger partial charge in [-0.1, -0.05) is 6.42 Å². The molecule has 0 saturated heterocycles. The van der Waals surface area contributed by atoms with E-state index < -0.39 is 0 Å². The van der Waals surface area contributed by atoms with E-state index >= 15 is 0 Å². The monoisotopic (exact) mass is 273 g/mol. The van der Waals surface area contributed by atoms with E-state index in [0.717, 1.165) is 11.4 Å². The molecule has 3 rings (SSSR count). The SMILES string of the molecule is COc1cc(N)cc(-c2nnnn2C(C)C2CCC2)c1. The smallest absolute Gasteiger partial charge is 0.182 e. The van der Waals surface area contributed by atoms with Crippen LogP contribution >= 0.6 is 0 Å². The van der Waals surface area contributed by atoms with Crippen LogP contribution < -0.4 is 10.5 Å². The Morgan fingerprint density at radius 3 is 2.80 bits per heavy atom. The standard InChI is InChI=1S/C14H19N5O/c1-9(10-4-3-5-10)19-14(16-17-18-19)11-6-12(15)8-13(7-11)20-2/h6-10H,3-5,15H2,1-2H3. The first-order valence-electron chi connectivity index (χ1n) is 6.92. The predicted molar refractivity (Wildman–Crippen MR) is 76.3 cm³/mol. The summed E-state index contributed by atoms with van der Waals surface area (Å²) in [6.07, 6.45) is 3.81. The summed E-state index contributed by atoms with van der Waals surface area (Å²) in [5.74, 6) is 2.13. The van der Waals surface area contributed by atoms with E-state index in [4.69, 9.17) is 10.5 Å². The summed E-state index contributed by atoms with van der Waals surface area (Å²) in [5.41, 5.74) is 7.44. The van der Waals surface area contributed by atoms with Crippen molar-refractivity contribution in [3.8, 4) is 17.1 Å². The number of nitrogens with two attached hydrogens (primary N) is 1. The zero-order valence-corrected chi connectivity index (χ0v) is 11.8. The van der Waals surface area contributed by atoms with Gasteiger partial charge in [-0.25, -0.2) is 4.68 Å². The molecule has 1 aliphatic carbocycles. The number of ether oxygens (including phenoxy) is 1. The Hall–Kier alpha value is -2.11. The first kappa shape index (κ1) is 12.9. The van der Waals surface area contributed by atoms with Gasteiger partial charge >= 0.3 is 0 Å². The lowest BCUT2D eigenvalue weighted by Crippen LogP contribution is -2.24. The van der Waals surface area contributed by atoms with Crippen LogP contribution in [0.15, 0.2) is 18.2 Å². The van der Waals surface area contributed by atoms with E-state index in [2.05, 4.69) is 22.4 Å². The lowest BCUT2D eigenvalue weighted by molar-refractivity contribution is 0.210. The topological polar surface area (TPSA) is 78.8 Å². The van der Waals surface area contributed by atoms with E-state index in [1.807, 2.05) is 16.8 Å². The number of hydrogen-bond donors (Lipinski definition) is 1. The van der Waals surface area contributed by atoms with Crippen molar-refractivity contribution in [2.75, 3.05) is 12.8 Å². The fourth-order valence-electron chi connectivity index (χ4n) is 2.65. The van der Waals surface area contributed by atoms with Crippen LogP contribution in [-0.4, -0.2) is 27.3 Å². The Labute approximate surface area is 117 Å². The van der Waals surface area contributed by atoms with E-state index in [-0.39, 0.29) is 0 Å². The van der Waals surface area contributed by atoms with Gasteiger partial charge in [-0.05, 0) is 48.2 Å². The van der Waals surface area contributed by atoms with Gasteiger partial charge in [0.2, 0.25) is 0 Å². The summed E-state index contributed by atoms with van der Waals surface area (Å²) < 4.78 is 7.16. The number of hydrogen-bond acceptors (Lipinski definition) is 5. The minimum absolute atomic E-state index is 0.307. The molecule has 6 nitrogen and oxygen atoms in total. The number of anilines is 1. The quantitative estimate of drug-likeness (QED) is 0.865. The molecule has 1 aromatic carbocycles. The molecule has 106 valence electrons. The molecule has 1 heterocycles. The molecule has 20 heavy (non-hydrogen) atoms. The second-order valence-corrected chi connectivity index (χ2v) is 5.37. The number of methoxy groups -OCH3 is 1. The number of rotatable bonds is 4. The fourth-order valence-corrected chi connectivity index (χ4v) is 2.65. The van der Waals surface area contributed by atoms with Gasteiger partial charge in [-0.2, -0.15) is 0 Å². The largest absolute Gasteiger partial charge is 0.497 e. The number of benzene rings is 1. The summed E-state index contributed by atoms with van der Waals surface area (Å²) in [5, 5.41) is 12.1.